The van der Waals surface area contributed by atoms with Crippen molar-refractivity contribution in [1.82, 2.24) is 0 Å². The van der Waals surface area contributed by atoms with E-state index < -0.39 is 0 Å². The molecule has 0 aliphatic heterocycles. The zero-order valence-corrected chi connectivity index (χ0v) is 32.9. The highest BCUT2D eigenvalue weighted by Gasteiger charge is 2.53. The molecule has 57 heavy (non-hydrogen) atoms. The first-order chi connectivity index (χ1) is 27.8. The summed E-state index contributed by atoms with van der Waals surface area (Å²) in [7, 11) is 0. The van der Waals surface area contributed by atoms with Gasteiger partial charge in [-0.25, -0.2) is 0 Å². The number of nitrogens with zero attached hydrogens (tertiary/aromatic N) is 1. The number of anilines is 3. The Hall–Kier alpha value is -6.44. The van der Waals surface area contributed by atoms with Crippen LogP contribution in [-0.2, 0) is 16.2 Å². The molecule has 5 aliphatic carbocycles. The SMILES string of the molecule is CC1(C)c2ccccc2-c2ccc(N(c3ccc4c(c3)C(C)(C)c3ccccc3-4)c3cccc4c3C3=C(CC=CC=C3)C43c4ccccc4-c4ccccc43)cc21. The van der Waals surface area contributed by atoms with Gasteiger partial charge >= 0.3 is 0 Å². The van der Waals surface area contributed by atoms with Crippen molar-refractivity contribution in [1.29, 1.82) is 0 Å². The van der Waals surface area contributed by atoms with Crippen LogP contribution in [0.4, 0.5) is 17.1 Å². The van der Waals surface area contributed by atoms with Crippen molar-refractivity contribution in [3.63, 3.8) is 0 Å². The molecular weight excluding hydrogens is 687 g/mol. The Labute approximate surface area is 336 Å². The predicted molar refractivity (Wildman–Crippen MR) is 238 cm³/mol. The smallest absolute Gasteiger partial charge is 0.0692 e. The fraction of sp³-hybridized carbons (Fsp3) is 0.143. The van der Waals surface area contributed by atoms with Gasteiger partial charge in [-0.1, -0.05) is 173 Å². The van der Waals surface area contributed by atoms with Crippen molar-refractivity contribution < 1.29 is 0 Å². The second-order valence-corrected chi connectivity index (χ2v) is 17.6. The van der Waals surface area contributed by atoms with E-state index in [0.717, 1.165) is 6.42 Å². The average molecular weight is 730 g/mol. The standard InChI is InChI=1S/C56H43N/c1-54(2)44-22-12-8-17-37(44)41-31-29-35(33-50(41)54)57(36-30-32-42-38-18-9-13-23-45(38)55(3,4)51(42)34-36)52-28-16-27-49-53(52)43-21-6-5-7-24-48(43)56(49)46-25-14-10-19-39(46)40-20-11-15-26-47(40)56/h5-23,25-34H,24H2,1-4H3. The summed E-state index contributed by atoms with van der Waals surface area (Å²) >= 11 is 0. The van der Waals surface area contributed by atoms with Crippen molar-refractivity contribution in [2.24, 2.45) is 0 Å². The molecule has 0 atom stereocenters. The summed E-state index contributed by atoms with van der Waals surface area (Å²) in [4.78, 5) is 2.58. The molecule has 7 aromatic carbocycles. The number of fused-ring (bicyclic) bond motifs is 15. The monoisotopic (exact) mass is 729 g/mol. The quantitative estimate of drug-likeness (QED) is 0.175. The molecular formula is C56H43N. The Morgan fingerprint density at radius 2 is 0.877 bits per heavy atom. The van der Waals surface area contributed by atoms with Crippen LogP contribution in [0.3, 0.4) is 0 Å². The Morgan fingerprint density at radius 1 is 0.421 bits per heavy atom. The van der Waals surface area contributed by atoms with Gasteiger partial charge in [0.2, 0.25) is 0 Å². The number of hydrogen-bond acceptors (Lipinski definition) is 1. The van der Waals surface area contributed by atoms with Gasteiger partial charge in [0.1, 0.15) is 0 Å². The van der Waals surface area contributed by atoms with Crippen molar-refractivity contribution >= 4 is 22.6 Å². The summed E-state index contributed by atoms with van der Waals surface area (Å²) in [5.74, 6) is 0. The molecule has 12 rings (SSSR count). The highest BCUT2D eigenvalue weighted by atomic mass is 15.1. The van der Waals surface area contributed by atoms with E-state index in [2.05, 4.69) is 209 Å². The molecule has 0 bridgehead atoms. The third-order valence-electron chi connectivity index (χ3n) is 14.2. The molecule has 5 aliphatic rings. The summed E-state index contributed by atoms with van der Waals surface area (Å²) in [5.41, 5.74) is 24.8. The van der Waals surface area contributed by atoms with Crippen LogP contribution in [0.2, 0.25) is 0 Å². The zero-order valence-electron chi connectivity index (χ0n) is 32.9. The van der Waals surface area contributed by atoms with Crippen molar-refractivity contribution in [2.75, 3.05) is 4.90 Å². The normalized spacial score (nSPS) is 17.3. The maximum absolute atomic E-state index is 2.58. The second kappa shape index (κ2) is 11.3. The van der Waals surface area contributed by atoms with E-state index >= 15 is 0 Å². The zero-order chi connectivity index (χ0) is 38.3. The number of benzene rings is 7. The van der Waals surface area contributed by atoms with Gasteiger partial charge in [-0.15, -0.1) is 0 Å². The van der Waals surface area contributed by atoms with Crippen molar-refractivity contribution in [3.05, 3.63) is 226 Å². The number of rotatable bonds is 3. The van der Waals surface area contributed by atoms with Crippen LogP contribution >= 0.6 is 0 Å². The first kappa shape index (κ1) is 32.8. The van der Waals surface area contributed by atoms with Gasteiger partial charge in [-0.3, -0.25) is 0 Å². The molecule has 0 saturated carbocycles. The van der Waals surface area contributed by atoms with Gasteiger partial charge < -0.3 is 4.90 Å². The number of allylic oxidation sites excluding steroid dienone is 6. The molecule has 0 unspecified atom stereocenters. The largest absolute Gasteiger partial charge is 0.310 e. The minimum absolute atomic E-state index is 0.124. The first-order valence-electron chi connectivity index (χ1n) is 20.5. The van der Waals surface area contributed by atoms with Gasteiger partial charge in [0.25, 0.3) is 0 Å². The van der Waals surface area contributed by atoms with Crippen LogP contribution in [0.25, 0.3) is 39.0 Å². The fourth-order valence-corrected chi connectivity index (χ4v) is 11.6. The summed E-state index contributed by atoms with van der Waals surface area (Å²) in [6.07, 6.45) is 10.1. The second-order valence-electron chi connectivity index (χ2n) is 17.6. The summed E-state index contributed by atoms with van der Waals surface area (Å²) in [6.45, 7) is 9.56. The molecule has 0 heterocycles. The van der Waals surface area contributed by atoms with Gasteiger partial charge in [-0.2, -0.15) is 0 Å². The van der Waals surface area contributed by atoms with Crippen LogP contribution in [-0.4, -0.2) is 0 Å². The van der Waals surface area contributed by atoms with Crippen LogP contribution < -0.4 is 4.90 Å². The first-order valence-corrected chi connectivity index (χ1v) is 20.5. The predicted octanol–water partition coefficient (Wildman–Crippen LogP) is 14.4. The minimum Gasteiger partial charge on any atom is -0.310 e. The molecule has 0 radical (unpaired) electrons. The van der Waals surface area contributed by atoms with E-state index in [0.29, 0.717) is 0 Å². The lowest BCUT2D eigenvalue weighted by atomic mass is 9.69. The van der Waals surface area contributed by atoms with Crippen molar-refractivity contribution in [2.45, 2.75) is 50.4 Å². The van der Waals surface area contributed by atoms with Crippen LogP contribution in [0.1, 0.15) is 78.6 Å². The summed E-state index contributed by atoms with van der Waals surface area (Å²) in [5, 5.41) is 0. The maximum Gasteiger partial charge on any atom is 0.0692 e. The van der Waals surface area contributed by atoms with Crippen LogP contribution in [0.5, 0.6) is 0 Å². The molecule has 272 valence electrons. The molecule has 7 aromatic rings. The topological polar surface area (TPSA) is 3.24 Å². The van der Waals surface area contributed by atoms with Gasteiger partial charge in [-0.05, 0) is 120 Å². The molecule has 0 N–H and O–H groups in total. The molecule has 0 fully saturated rings. The maximum atomic E-state index is 2.58. The number of hydrogen-bond donors (Lipinski definition) is 0. The lowest BCUT2D eigenvalue weighted by molar-refractivity contribution is 0.660. The lowest BCUT2D eigenvalue weighted by Gasteiger charge is -2.34. The Bertz CT molecular complexity index is 2850. The fourth-order valence-electron chi connectivity index (χ4n) is 11.6. The third-order valence-corrected chi connectivity index (χ3v) is 14.2. The Balaban J connectivity index is 1.16. The summed E-state index contributed by atoms with van der Waals surface area (Å²) in [6, 6.07) is 57.8. The molecule has 0 saturated heterocycles. The lowest BCUT2D eigenvalue weighted by Crippen LogP contribution is -2.27. The van der Waals surface area contributed by atoms with E-state index in [9.17, 15) is 0 Å². The van der Waals surface area contributed by atoms with Crippen molar-refractivity contribution in [3.8, 4) is 33.4 Å². The molecule has 0 aromatic heterocycles. The highest BCUT2D eigenvalue weighted by molar-refractivity contribution is 6.02. The molecule has 1 spiro atoms. The Morgan fingerprint density at radius 3 is 1.42 bits per heavy atom. The Kier molecular flexibility index (Phi) is 6.51. The van der Waals surface area contributed by atoms with E-state index in [1.54, 1.807) is 0 Å². The van der Waals surface area contributed by atoms with E-state index in [4.69, 9.17) is 0 Å². The van der Waals surface area contributed by atoms with E-state index in [1.807, 2.05) is 0 Å². The van der Waals surface area contributed by atoms with E-state index in [-0.39, 0.29) is 16.2 Å². The minimum atomic E-state index is -0.387. The van der Waals surface area contributed by atoms with Crippen LogP contribution in [0.15, 0.2) is 182 Å². The van der Waals surface area contributed by atoms with Gasteiger partial charge in [0, 0.05) is 27.8 Å². The highest BCUT2D eigenvalue weighted by Crippen LogP contribution is 2.65. The molecule has 1 nitrogen and oxygen atoms in total. The molecule has 0 amide bonds. The third kappa shape index (κ3) is 4.09. The van der Waals surface area contributed by atoms with E-state index in [1.165, 1.54) is 106 Å². The van der Waals surface area contributed by atoms with Crippen LogP contribution in [0, 0.1) is 0 Å². The molecule has 1 heteroatoms. The summed E-state index contributed by atoms with van der Waals surface area (Å²) < 4.78 is 0. The van der Waals surface area contributed by atoms with Gasteiger partial charge in [0.15, 0.2) is 0 Å². The average Bonchev–Trinajstić information content (AvgIpc) is 3.77. The van der Waals surface area contributed by atoms with Gasteiger partial charge in [0.05, 0.1) is 11.1 Å².